The molecule has 1 fully saturated rings. The number of carbonyl (C=O) groups is 1. The lowest BCUT2D eigenvalue weighted by Gasteiger charge is -2.32. The Kier molecular flexibility index (Phi) is 8.29. The monoisotopic (exact) mass is 388 g/mol. The van der Waals surface area contributed by atoms with Crippen molar-refractivity contribution in [1.82, 2.24) is 4.90 Å². The number of rotatable bonds is 7. The van der Waals surface area contributed by atoms with E-state index < -0.39 is 0 Å². The van der Waals surface area contributed by atoms with Gasteiger partial charge in [-0.1, -0.05) is 67.6 Å². The molecule has 4 nitrogen and oxygen atoms in total. The second-order valence-electron chi connectivity index (χ2n) is 7.01. The van der Waals surface area contributed by atoms with E-state index in [1.54, 1.807) is 0 Å². The van der Waals surface area contributed by atoms with E-state index in [4.69, 9.17) is 10.5 Å². The minimum Gasteiger partial charge on any atom is -0.379 e. The summed E-state index contributed by atoms with van der Waals surface area (Å²) in [5, 5.41) is 0. The van der Waals surface area contributed by atoms with Gasteiger partial charge in [-0.2, -0.15) is 0 Å². The van der Waals surface area contributed by atoms with Gasteiger partial charge in [0, 0.05) is 19.2 Å². The number of ether oxygens (including phenoxy) is 1. The minimum absolute atomic E-state index is 0. The van der Waals surface area contributed by atoms with Crippen LogP contribution in [0.2, 0.25) is 0 Å². The molecule has 2 aromatic rings. The van der Waals surface area contributed by atoms with Gasteiger partial charge in [-0.3, -0.25) is 4.79 Å². The van der Waals surface area contributed by atoms with Gasteiger partial charge in [0.2, 0.25) is 5.91 Å². The molecule has 2 aromatic carbocycles. The Morgan fingerprint density at radius 2 is 1.78 bits per heavy atom. The molecule has 1 aliphatic rings. The molecule has 0 aromatic heterocycles. The van der Waals surface area contributed by atoms with Crippen molar-refractivity contribution in [2.75, 3.05) is 19.8 Å². The lowest BCUT2D eigenvalue weighted by molar-refractivity contribution is -0.138. The van der Waals surface area contributed by atoms with E-state index in [2.05, 4.69) is 12.1 Å². The van der Waals surface area contributed by atoms with Gasteiger partial charge in [-0.05, 0) is 24.0 Å². The van der Waals surface area contributed by atoms with Crippen LogP contribution in [0.15, 0.2) is 60.7 Å². The lowest BCUT2D eigenvalue weighted by Crippen LogP contribution is -2.46. The summed E-state index contributed by atoms with van der Waals surface area (Å²) in [7, 11) is 0. The highest BCUT2D eigenvalue weighted by molar-refractivity contribution is 5.85. The molecule has 0 spiro atoms. The summed E-state index contributed by atoms with van der Waals surface area (Å²) in [6.07, 6.45) is 1.74. The Hall–Kier alpha value is -1.88. The fourth-order valence-corrected chi connectivity index (χ4v) is 3.51. The molecule has 27 heavy (non-hydrogen) atoms. The van der Waals surface area contributed by atoms with Crippen LogP contribution in [0.25, 0.3) is 0 Å². The van der Waals surface area contributed by atoms with Gasteiger partial charge in [0.15, 0.2) is 0 Å². The minimum atomic E-state index is -0.301. The molecule has 0 aliphatic carbocycles. The number of hydrogen-bond donors (Lipinski definition) is 1. The molecule has 5 heteroatoms. The van der Waals surface area contributed by atoms with Crippen molar-refractivity contribution >= 4 is 18.3 Å². The van der Waals surface area contributed by atoms with Crippen molar-refractivity contribution in [2.24, 2.45) is 11.7 Å². The molecule has 1 amide bonds. The van der Waals surface area contributed by atoms with E-state index in [0.717, 1.165) is 25.0 Å². The second kappa shape index (κ2) is 10.5. The zero-order valence-corrected chi connectivity index (χ0v) is 16.6. The number of amides is 1. The summed E-state index contributed by atoms with van der Waals surface area (Å²) < 4.78 is 5.54. The first kappa shape index (κ1) is 21.4. The van der Waals surface area contributed by atoms with Crippen molar-refractivity contribution in [3.63, 3.8) is 0 Å². The Morgan fingerprint density at radius 3 is 2.37 bits per heavy atom. The van der Waals surface area contributed by atoms with Gasteiger partial charge < -0.3 is 15.4 Å². The van der Waals surface area contributed by atoms with Gasteiger partial charge >= 0.3 is 0 Å². The van der Waals surface area contributed by atoms with Crippen molar-refractivity contribution in [1.29, 1.82) is 0 Å². The van der Waals surface area contributed by atoms with Crippen LogP contribution in [-0.4, -0.2) is 36.6 Å². The van der Waals surface area contributed by atoms with Crippen molar-refractivity contribution in [3.05, 3.63) is 71.8 Å². The predicted octanol–water partition coefficient (Wildman–Crippen LogP) is 3.60. The SMILES string of the molecule is CC(C(=O)N(CCc1ccccc1)C1CCOC1)C(N)c1ccccc1.Cl. The highest BCUT2D eigenvalue weighted by Gasteiger charge is 2.32. The maximum absolute atomic E-state index is 13.3. The smallest absolute Gasteiger partial charge is 0.227 e. The van der Waals surface area contributed by atoms with Crippen LogP contribution >= 0.6 is 12.4 Å². The maximum atomic E-state index is 13.3. The first-order valence-electron chi connectivity index (χ1n) is 9.39. The number of benzene rings is 2. The average molecular weight is 389 g/mol. The van der Waals surface area contributed by atoms with E-state index in [0.29, 0.717) is 13.2 Å². The van der Waals surface area contributed by atoms with Gasteiger partial charge in [0.25, 0.3) is 0 Å². The molecular formula is C22H29ClN2O2. The Labute approximate surface area is 168 Å². The second-order valence-corrected chi connectivity index (χ2v) is 7.01. The summed E-state index contributed by atoms with van der Waals surface area (Å²) in [6.45, 7) is 3.97. The largest absolute Gasteiger partial charge is 0.379 e. The molecule has 2 N–H and O–H groups in total. The Balaban J connectivity index is 0.00000261. The first-order valence-corrected chi connectivity index (χ1v) is 9.39. The number of hydrogen-bond acceptors (Lipinski definition) is 3. The van der Waals surface area contributed by atoms with Gasteiger partial charge in [0.1, 0.15) is 0 Å². The third kappa shape index (κ3) is 5.55. The van der Waals surface area contributed by atoms with Crippen LogP contribution in [0, 0.1) is 5.92 Å². The molecule has 3 rings (SSSR count). The summed E-state index contributed by atoms with van der Waals surface area (Å²) in [5.41, 5.74) is 8.64. The normalized spacial score (nSPS) is 18.4. The van der Waals surface area contributed by atoms with Crippen LogP contribution in [0.4, 0.5) is 0 Å². The molecule has 0 saturated carbocycles. The van der Waals surface area contributed by atoms with Gasteiger partial charge in [0.05, 0.1) is 18.6 Å². The Morgan fingerprint density at radius 1 is 1.15 bits per heavy atom. The van der Waals surface area contributed by atoms with Gasteiger partial charge in [-0.25, -0.2) is 0 Å². The molecular weight excluding hydrogens is 360 g/mol. The number of carbonyl (C=O) groups excluding carboxylic acids is 1. The topological polar surface area (TPSA) is 55.6 Å². The van der Waals surface area contributed by atoms with Crippen LogP contribution in [-0.2, 0) is 16.0 Å². The van der Waals surface area contributed by atoms with E-state index in [1.165, 1.54) is 5.56 Å². The number of nitrogens with zero attached hydrogens (tertiary/aromatic N) is 1. The molecule has 1 aliphatic heterocycles. The van der Waals surface area contributed by atoms with Crippen molar-refractivity contribution in [2.45, 2.75) is 31.8 Å². The molecule has 3 atom stereocenters. The van der Waals surface area contributed by atoms with E-state index in [9.17, 15) is 4.79 Å². The molecule has 0 radical (unpaired) electrons. The fourth-order valence-electron chi connectivity index (χ4n) is 3.51. The van der Waals surface area contributed by atoms with Crippen molar-refractivity contribution < 1.29 is 9.53 Å². The average Bonchev–Trinajstić information content (AvgIpc) is 3.23. The summed E-state index contributed by atoms with van der Waals surface area (Å²) in [6, 6.07) is 20.0. The van der Waals surface area contributed by atoms with Gasteiger partial charge in [-0.15, -0.1) is 12.4 Å². The zero-order valence-electron chi connectivity index (χ0n) is 15.8. The number of halogens is 1. The van der Waals surface area contributed by atoms with E-state index in [-0.39, 0.29) is 36.3 Å². The molecule has 146 valence electrons. The van der Waals surface area contributed by atoms with Crippen LogP contribution < -0.4 is 5.73 Å². The van der Waals surface area contributed by atoms with Crippen LogP contribution in [0.5, 0.6) is 0 Å². The fraction of sp³-hybridized carbons (Fsp3) is 0.409. The quantitative estimate of drug-likeness (QED) is 0.788. The first-order chi connectivity index (χ1) is 12.7. The predicted molar refractivity (Wildman–Crippen MR) is 111 cm³/mol. The maximum Gasteiger partial charge on any atom is 0.227 e. The highest BCUT2D eigenvalue weighted by Crippen LogP contribution is 2.24. The molecule has 3 unspecified atom stereocenters. The standard InChI is InChI=1S/C22H28N2O2.ClH/c1-17(21(23)19-10-6-3-7-11-19)22(25)24(20-13-15-26-16-20)14-12-18-8-4-2-5-9-18;/h2-11,17,20-21H,12-16,23H2,1H3;1H. The zero-order chi connectivity index (χ0) is 18.4. The van der Waals surface area contributed by atoms with Crippen LogP contribution in [0.1, 0.15) is 30.5 Å². The molecule has 1 saturated heterocycles. The summed E-state index contributed by atoms with van der Waals surface area (Å²) in [4.78, 5) is 15.3. The summed E-state index contributed by atoms with van der Waals surface area (Å²) in [5.74, 6) is -0.151. The lowest BCUT2D eigenvalue weighted by atomic mass is 9.93. The van der Waals surface area contributed by atoms with Crippen LogP contribution in [0.3, 0.4) is 0 Å². The highest BCUT2D eigenvalue weighted by atomic mass is 35.5. The van der Waals surface area contributed by atoms with E-state index >= 15 is 0 Å². The Bertz CT molecular complexity index is 690. The third-order valence-corrected chi connectivity index (χ3v) is 5.23. The molecule has 1 heterocycles. The summed E-state index contributed by atoms with van der Waals surface area (Å²) >= 11 is 0. The molecule has 0 bridgehead atoms. The van der Waals surface area contributed by atoms with E-state index in [1.807, 2.05) is 60.4 Å². The van der Waals surface area contributed by atoms with Crippen molar-refractivity contribution in [3.8, 4) is 0 Å². The third-order valence-electron chi connectivity index (χ3n) is 5.23. The number of nitrogens with two attached hydrogens (primary N) is 1.